The molecule has 2 heterocycles. The van der Waals surface area contributed by atoms with Gasteiger partial charge in [-0.05, 0) is 61.2 Å². The molecule has 1 aliphatic heterocycles. The highest BCUT2D eigenvalue weighted by Crippen LogP contribution is 2.36. The van der Waals surface area contributed by atoms with Crippen molar-refractivity contribution in [2.75, 3.05) is 13.1 Å². The minimum Gasteiger partial charge on any atom is -0.481 e. The van der Waals surface area contributed by atoms with Crippen LogP contribution in [-0.4, -0.2) is 39.4 Å². The molecule has 0 amide bonds. The van der Waals surface area contributed by atoms with Gasteiger partial charge in [0.2, 0.25) is 5.78 Å². The van der Waals surface area contributed by atoms with Crippen molar-refractivity contribution in [1.29, 1.82) is 0 Å². The summed E-state index contributed by atoms with van der Waals surface area (Å²) in [6.07, 6.45) is -3.99. The Morgan fingerprint density at radius 2 is 1.86 bits per heavy atom. The number of aliphatic carboxylic acids is 1. The number of aryl methyl sites for hydroxylation is 2. The van der Waals surface area contributed by atoms with Crippen molar-refractivity contribution in [2.45, 2.75) is 33.0 Å². The first-order valence-corrected chi connectivity index (χ1v) is 12.2. The number of carbonyl (C=O) groups is 2. The SMILES string of the molecule is Cc1cc(C(F)(F)F)cc2c1cc(C(=O)c1c(Cl)ccc(CN3CC[C@@H](C(=O)O)[C@@H](C)C3)c1Cl)n2C. The second-order valence-electron chi connectivity index (χ2n) is 9.48. The van der Waals surface area contributed by atoms with E-state index >= 15 is 0 Å². The molecule has 0 aliphatic carbocycles. The summed E-state index contributed by atoms with van der Waals surface area (Å²) in [5.74, 6) is -1.72. The van der Waals surface area contributed by atoms with Gasteiger partial charge in [-0.15, -0.1) is 0 Å². The largest absolute Gasteiger partial charge is 0.481 e. The first kappa shape index (κ1) is 26.5. The number of likely N-dealkylation sites (tertiary alicyclic amines) is 1. The van der Waals surface area contributed by atoms with Gasteiger partial charge in [-0.25, -0.2) is 0 Å². The number of ketones is 1. The molecular weight excluding hydrogens is 516 g/mol. The van der Waals surface area contributed by atoms with E-state index in [4.69, 9.17) is 23.2 Å². The zero-order chi connectivity index (χ0) is 26.5. The van der Waals surface area contributed by atoms with Crippen molar-refractivity contribution in [2.24, 2.45) is 18.9 Å². The number of carboxylic acids is 1. The number of fused-ring (bicyclic) bond motifs is 1. The molecule has 192 valence electrons. The molecule has 1 saturated heterocycles. The molecule has 0 saturated carbocycles. The molecular formula is C26H25Cl2F3N2O3. The van der Waals surface area contributed by atoms with E-state index in [0.29, 0.717) is 42.6 Å². The van der Waals surface area contributed by atoms with Gasteiger partial charge < -0.3 is 9.67 Å². The van der Waals surface area contributed by atoms with Gasteiger partial charge in [-0.3, -0.25) is 14.5 Å². The maximum atomic E-state index is 13.6. The van der Waals surface area contributed by atoms with Crippen LogP contribution >= 0.6 is 23.2 Å². The maximum Gasteiger partial charge on any atom is 0.416 e. The second kappa shape index (κ2) is 9.72. The molecule has 1 aliphatic rings. The van der Waals surface area contributed by atoms with E-state index in [9.17, 15) is 27.9 Å². The highest BCUT2D eigenvalue weighted by Gasteiger charge is 2.33. The van der Waals surface area contributed by atoms with Crippen LogP contribution in [0.5, 0.6) is 0 Å². The number of carbonyl (C=O) groups excluding carboxylic acids is 1. The lowest BCUT2D eigenvalue weighted by molar-refractivity contribution is -0.145. The number of benzene rings is 2. The van der Waals surface area contributed by atoms with E-state index in [0.717, 1.165) is 12.1 Å². The van der Waals surface area contributed by atoms with Crippen molar-refractivity contribution in [3.05, 3.63) is 68.3 Å². The number of hydrogen-bond donors (Lipinski definition) is 1. The standard InChI is InChI=1S/C26H25Cl2F3N2O3/c1-13-8-16(26(29,30)31)9-20-18(13)10-21(32(20)3)24(34)22-19(27)5-4-15(23(22)28)12-33-7-6-17(25(35)36)14(2)11-33/h4-5,8-10,14,17H,6-7,11-12H2,1-3H3,(H,35,36)/t14-,17+/m0/s1. The summed E-state index contributed by atoms with van der Waals surface area (Å²) in [6.45, 7) is 5.03. The molecule has 1 fully saturated rings. The molecule has 0 spiro atoms. The summed E-state index contributed by atoms with van der Waals surface area (Å²) in [6, 6.07) is 6.97. The molecule has 5 nitrogen and oxygen atoms in total. The number of hydrogen-bond acceptors (Lipinski definition) is 3. The first-order valence-electron chi connectivity index (χ1n) is 11.4. The summed E-state index contributed by atoms with van der Waals surface area (Å²) < 4.78 is 41.5. The zero-order valence-corrected chi connectivity index (χ0v) is 21.4. The summed E-state index contributed by atoms with van der Waals surface area (Å²) in [5.41, 5.74) is 0.822. The van der Waals surface area contributed by atoms with Crippen molar-refractivity contribution in [3.63, 3.8) is 0 Å². The summed E-state index contributed by atoms with van der Waals surface area (Å²) in [7, 11) is 1.54. The highest BCUT2D eigenvalue weighted by molar-refractivity contribution is 6.41. The minimum absolute atomic E-state index is 0.0379. The lowest BCUT2D eigenvalue weighted by Crippen LogP contribution is -2.41. The lowest BCUT2D eigenvalue weighted by atomic mass is 9.87. The predicted octanol–water partition coefficient (Wildman–Crippen LogP) is 6.59. The number of piperidine rings is 1. The third-order valence-corrected chi connectivity index (χ3v) is 7.77. The monoisotopic (exact) mass is 540 g/mol. The molecule has 3 aromatic rings. The summed E-state index contributed by atoms with van der Waals surface area (Å²) >= 11 is 13.1. The summed E-state index contributed by atoms with van der Waals surface area (Å²) in [5, 5.41) is 10.2. The van der Waals surface area contributed by atoms with E-state index in [1.165, 1.54) is 11.6 Å². The van der Waals surface area contributed by atoms with Gasteiger partial charge in [0.05, 0.1) is 32.8 Å². The molecule has 1 aromatic heterocycles. The molecule has 2 aromatic carbocycles. The van der Waals surface area contributed by atoms with Gasteiger partial charge in [0.1, 0.15) is 0 Å². The van der Waals surface area contributed by atoms with Crippen LogP contribution in [0.2, 0.25) is 10.0 Å². The van der Waals surface area contributed by atoms with Gasteiger partial charge in [0.15, 0.2) is 0 Å². The Kier molecular flexibility index (Phi) is 7.16. The lowest BCUT2D eigenvalue weighted by Gasteiger charge is -2.35. The fourth-order valence-electron chi connectivity index (χ4n) is 5.03. The molecule has 0 radical (unpaired) electrons. The van der Waals surface area contributed by atoms with Crippen molar-refractivity contribution >= 4 is 45.9 Å². The van der Waals surface area contributed by atoms with E-state index in [-0.39, 0.29) is 32.7 Å². The van der Waals surface area contributed by atoms with E-state index in [2.05, 4.69) is 4.90 Å². The Bertz CT molecular complexity index is 1370. The van der Waals surface area contributed by atoms with E-state index < -0.39 is 29.4 Å². The third-order valence-electron chi connectivity index (χ3n) is 7.03. The molecule has 4 rings (SSSR count). The van der Waals surface area contributed by atoms with Gasteiger partial charge in [0.25, 0.3) is 0 Å². The minimum atomic E-state index is -4.51. The first-order chi connectivity index (χ1) is 16.8. The third kappa shape index (κ3) is 4.86. The summed E-state index contributed by atoms with van der Waals surface area (Å²) in [4.78, 5) is 27.1. The van der Waals surface area contributed by atoms with Crippen LogP contribution in [0, 0.1) is 18.8 Å². The van der Waals surface area contributed by atoms with Gasteiger partial charge >= 0.3 is 12.1 Å². The van der Waals surface area contributed by atoms with Crippen LogP contribution < -0.4 is 0 Å². The van der Waals surface area contributed by atoms with Gasteiger partial charge in [-0.1, -0.05) is 36.2 Å². The van der Waals surface area contributed by atoms with Crippen LogP contribution in [0.25, 0.3) is 10.9 Å². The number of carboxylic acid groups (broad SMARTS) is 1. The van der Waals surface area contributed by atoms with Crippen LogP contribution in [0.1, 0.15) is 46.1 Å². The van der Waals surface area contributed by atoms with Crippen LogP contribution in [0.4, 0.5) is 13.2 Å². The van der Waals surface area contributed by atoms with Crippen LogP contribution in [0.15, 0.2) is 30.3 Å². The van der Waals surface area contributed by atoms with E-state index in [1.807, 2.05) is 6.92 Å². The number of halogens is 5. The topological polar surface area (TPSA) is 62.5 Å². The number of nitrogens with zero attached hydrogens (tertiary/aromatic N) is 2. The Morgan fingerprint density at radius 1 is 1.17 bits per heavy atom. The average molecular weight is 541 g/mol. The maximum absolute atomic E-state index is 13.6. The Balaban J connectivity index is 1.68. The number of aromatic nitrogens is 1. The van der Waals surface area contributed by atoms with Crippen molar-refractivity contribution in [1.82, 2.24) is 9.47 Å². The highest BCUT2D eigenvalue weighted by atomic mass is 35.5. The normalized spacial score (nSPS) is 19.1. The second-order valence-corrected chi connectivity index (χ2v) is 10.3. The van der Waals surface area contributed by atoms with Crippen molar-refractivity contribution < 1.29 is 27.9 Å². The smallest absolute Gasteiger partial charge is 0.416 e. The number of rotatable bonds is 5. The molecule has 2 atom stereocenters. The fraction of sp³-hybridized carbons (Fsp3) is 0.385. The molecule has 0 unspecified atom stereocenters. The fourth-order valence-corrected chi connectivity index (χ4v) is 5.63. The average Bonchev–Trinajstić information content (AvgIpc) is 3.12. The quantitative estimate of drug-likeness (QED) is 0.371. The molecule has 0 bridgehead atoms. The van der Waals surface area contributed by atoms with Crippen LogP contribution in [0.3, 0.4) is 0 Å². The Labute approximate surface area is 216 Å². The van der Waals surface area contributed by atoms with E-state index in [1.54, 1.807) is 25.1 Å². The Hall–Kier alpha value is -2.55. The molecule has 1 N–H and O–H groups in total. The predicted molar refractivity (Wildman–Crippen MR) is 133 cm³/mol. The van der Waals surface area contributed by atoms with Crippen molar-refractivity contribution in [3.8, 4) is 0 Å². The van der Waals surface area contributed by atoms with Crippen LogP contribution in [-0.2, 0) is 24.6 Å². The number of alkyl halides is 3. The zero-order valence-electron chi connectivity index (χ0n) is 19.9. The van der Waals surface area contributed by atoms with Gasteiger partial charge in [-0.2, -0.15) is 13.2 Å². The Morgan fingerprint density at radius 3 is 2.47 bits per heavy atom. The molecule has 10 heteroatoms. The van der Waals surface area contributed by atoms with Gasteiger partial charge in [0, 0.05) is 31.0 Å². The molecule has 36 heavy (non-hydrogen) atoms.